The monoisotopic (exact) mass is 301 g/mol. The summed E-state index contributed by atoms with van der Waals surface area (Å²) in [4.78, 5) is 0.354. The maximum Gasteiger partial charge on any atom is 0.243 e. The molecule has 1 aliphatic rings. The van der Waals surface area contributed by atoms with E-state index in [0.717, 1.165) is 12.0 Å². The molecule has 1 heterocycles. The number of benzene rings is 1. The minimum atomic E-state index is -3.38. The lowest BCUT2D eigenvalue weighted by Gasteiger charge is -2.34. The van der Waals surface area contributed by atoms with Crippen LogP contribution in [-0.2, 0) is 15.9 Å². The van der Waals surface area contributed by atoms with Crippen LogP contribution < -0.4 is 0 Å². The highest BCUT2D eigenvalue weighted by molar-refractivity contribution is 7.89. The van der Waals surface area contributed by atoms with Gasteiger partial charge in [-0.2, -0.15) is 4.31 Å². The molecule has 1 fully saturated rings. The summed E-state index contributed by atoms with van der Waals surface area (Å²) in [5.41, 5.74) is 0.834. The molecule has 0 radical (unpaired) electrons. The Morgan fingerprint density at radius 1 is 1.32 bits per heavy atom. The van der Waals surface area contributed by atoms with Crippen molar-refractivity contribution < 1.29 is 8.42 Å². The number of alkyl halides is 1. The lowest BCUT2D eigenvalue weighted by molar-refractivity contribution is 0.212. The van der Waals surface area contributed by atoms with Crippen LogP contribution in [-0.4, -0.2) is 25.8 Å². The first-order valence-electron chi connectivity index (χ1n) is 6.60. The Bertz CT molecular complexity index is 544. The van der Waals surface area contributed by atoms with Crippen LogP contribution in [0.5, 0.6) is 0 Å². The molecule has 0 amide bonds. The largest absolute Gasteiger partial charge is 0.243 e. The number of piperidine rings is 1. The Balaban J connectivity index is 2.27. The van der Waals surface area contributed by atoms with E-state index in [2.05, 4.69) is 13.8 Å². The molecule has 0 aliphatic carbocycles. The number of sulfonamides is 1. The van der Waals surface area contributed by atoms with Crippen molar-refractivity contribution >= 4 is 21.6 Å². The molecular formula is C14H20ClNO2S. The van der Waals surface area contributed by atoms with Gasteiger partial charge in [0.2, 0.25) is 10.0 Å². The lowest BCUT2D eigenvalue weighted by Crippen LogP contribution is -2.42. The Morgan fingerprint density at radius 2 is 2.05 bits per heavy atom. The van der Waals surface area contributed by atoms with Crippen LogP contribution in [0.25, 0.3) is 0 Å². The van der Waals surface area contributed by atoms with Gasteiger partial charge in [-0.25, -0.2) is 8.42 Å². The number of hydrogen-bond donors (Lipinski definition) is 0. The SMILES string of the molecule is CC1CCN(S(=O)(=O)c2cccc(CCl)c2)CC1C. The zero-order valence-electron chi connectivity index (χ0n) is 11.3. The molecule has 1 aromatic rings. The zero-order chi connectivity index (χ0) is 14.0. The number of nitrogens with zero attached hydrogens (tertiary/aromatic N) is 1. The quantitative estimate of drug-likeness (QED) is 0.805. The molecule has 1 aromatic carbocycles. The average Bonchev–Trinajstić information content (AvgIpc) is 2.41. The van der Waals surface area contributed by atoms with E-state index < -0.39 is 10.0 Å². The predicted molar refractivity (Wildman–Crippen MR) is 77.7 cm³/mol. The minimum absolute atomic E-state index is 0.330. The summed E-state index contributed by atoms with van der Waals surface area (Å²) in [6.07, 6.45) is 0.926. The van der Waals surface area contributed by atoms with Crippen LogP contribution in [0, 0.1) is 11.8 Å². The summed E-state index contributed by atoms with van der Waals surface area (Å²) in [6, 6.07) is 6.91. The standard InChI is InChI=1S/C14H20ClNO2S/c1-11-6-7-16(10-12(11)2)19(17,18)14-5-3-4-13(8-14)9-15/h3-5,8,11-12H,6-7,9-10H2,1-2H3. The van der Waals surface area contributed by atoms with Crippen molar-refractivity contribution in [2.45, 2.75) is 31.0 Å². The van der Waals surface area contributed by atoms with Crippen LogP contribution in [0.15, 0.2) is 29.2 Å². The molecule has 2 rings (SSSR count). The normalized spacial score (nSPS) is 25.4. The Hall–Kier alpha value is -0.580. The molecule has 1 saturated heterocycles. The second kappa shape index (κ2) is 5.81. The zero-order valence-corrected chi connectivity index (χ0v) is 12.9. The first-order chi connectivity index (χ1) is 8.95. The van der Waals surface area contributed by atoms with Crippen molar-refractivity contribution in [1.82, 2.24) is 4.31 Å². The lowest BCUT2D eigenvalue weighted by atomic mass is 9.90. The van der Waals surface area contributed by atoms with Crippen LogP contribution in [0.1, 0.15) is 25.8 Å². The summed E-state index contributed by atoms with van der Waals surface area (Å²) in [7, 11) is -3.38. The van der Waals surface area contributed by atoms with Crippen molar-refractivity contribution in [2.24, 2.45) is 11.8 Å². The summed E-state index contributed by atoms with van der Waals surface area (Å²) < 4.78 is 26.8. The van der Waals surface area contributed by atoms with E-state index in [1.165, 1.54) is 0 Å². The first-order valence-corrected chi connectivity index (χ1v) is 8.57. The van der Waals surface area contributed by atoms with E-state index in [0.29, 0.717) is 35.7 Å². The molecule has 3 nitrogen and oxygen atoms in total. The highest BCUT2D eigenvalue weighted by atomic mass is 35.5. The molecule has 0 N–H and O–H groups in total. The van der Waals surface area contributed by atoms with E-state index in [-0.39, 0.29) is 0 Å². The van der Waals surface area contributed by atoms with Crippen molar-refractivity contribution in [3.8, 4) is 0 Å². The topological polar surface area (TPSA) is 37.4 Å². The van der Waals surface area contributed by atoms with Crippen molar-refractivity contribution in [3.05, 3.63) is 29.8 Å². The second-order valence-corrected chi connectivity index (χ2v) is 7.59. The Kier molecular flexibility index (Phi) is 4.54. The van der Waals surface area contributed by atoms with Gasteiger partial charge in [-0.3, -0.25) is 0 Å². The van der Waals surface area contributed by atoms with Crippen molar-refractivity contribution in [3.63, 3.8) is 0 Å². The van der Waals surface area contributed by atoms with Gasteiger partial charge >= 0.3 is 0 Å². The summed E-state index contributed by atoms with van der Waals surface area (Å²) in [6.45, 7) is 5.51. The number of hydrogen-bond acceptors (Lipinski definition) is 2. The molecule has 19 heavy (non-hydrogen) atoms. The molecule has 2 atom stereocenters. The minimum Gasteiger partial charge on any atom is -0.207 e. The fourth-order valence-corrected chi connectivity index (χ4v) is 4.17. The Labute approximate surface area is 120 Å². The van der Waals surface area contributed by atoms with Crippen molar-refractivity contribution in [1.29, 1.82) is 0 Å². The van der Waals surface area contributed by atoms with Crippen LogP contribution in [0.2, 0.25) is 0 Å². The van der Waals surface area contributed by atoms with Gasteiger partial charge in [0, 0.05) is 19.0 Å². The second-order valence-electron chi connectivity index (χ2n) is 5.39. The summed E-state index contributed by atoms with van der Waals surface area (Å²) >= 11 is 5.77. The fourth-order valence-electron chi connectivity index (χ4n) is 2.38. The molecular weight excluding hydrogens is 282 g/mol. The molecule has 2 unspecified atom stereocenters. The molecule has 0 saturated carbocycles. The molecule has 0 bridgehead atoms. The van der Waals surface area contributed by atoms with E-state index >= 15 is 0 Å². The number of rotatable bonds is 3. The van der Waals surface area contributed by atoms with Gasteiger partial charge in [0.1, 0.15) is 0 Å². The third kappa shape index (κ3) is 3.12. The van der Waals surface area contributed by atoms with E-state index in [1.807, 2.05) is 6.07 Å². The summed E-state index contributed by atoms with van der Waals surface area (Å²) in [5, 5.41) is 0. The van der Waals surface area contributed by atoms with Gasteiger partial charge in [-0.15, -0.1) is 11.6 Å². The van der Waals surface area contributed by atoms with Crippen LogP contribution in [0.4, 0.5) is 0 Å². The third-order valence-corrected chi connectivity index (χ3v) is 6.16. The van der Waals surface area contributed by atoms with Crippen molar-refractivity contribution in [2.75, 3.05) is 13.1 Å². The van der Waals surface area contributed by atoms with Crippen LogP contribution in [0.3, 0.4) is 0 Å². The predicted octanol–water partition coefficient (Wildman–Crippen LogP) is 3.09. The molecule has 106 valence electrons. The van der Waals surface area contributed by atoms with Gasteiger partial charge in [0.15, 0.2) is 0 Å². The highest BCUT2D eigenvalue weighted by Crippen LogP contribution is 2.27. The average molecular weight is 302 g/mol. The molecule has 0 spiro atoms. The van der Waals surface area contributed by atoms with Gasteiger partial charge < -0.3 is 0 Å². The van der Waals surface area contributed by atoms with Crippen LogP contribution >= 0.6 is 11.6 Å². The number of halogens is 1. The van der Waals surface area contributed by atoms with E-state index in [1.54, 1.807) is 22.5 Å². The van der Waals surface area contributed by atoms with E-state index in [9.17, 15) is 8.42 Å². The van der Waals surface area contributed by atoms with Gasteiger partial charge in [-0.1, -0.05) is 26.0 Å². The maximum atomic E-state index is 12.6. The smallest absolute Gasteiger partial charge is 0.207 e. The molecule has 0 aromatic heterocycles. The van der Waals surface area contributed by atoms with Gasteiger partial charge in [0.05, 0.1) is 4.90 Å². The maximum absolute atomic E-state index is 12.6. The van der Waals surface area contributed by atoms with E-state index in [4.69, 9.17) is 11.6 Å². The molecule has 1 aliphatic heterocycles. The van der Waals surface area contributed by atoms with Gasteiger partial charge in [0.25, 0.3) is 0 Å². The highest BCUT2D eigenvalue weighted by Gasteiger charge is 2.31. The molecule has 5 heteroatoms. The Morgan fingerprint density at radius 3 is 2.68 bits per heavy atom. The third-order valence-electron chi connectivity index (χ3n) is 3.99. The van der Waals surface area contributed by atoms with Gasteiger partial charge in [-0.05, 0) is 36.0 Å². The summed E-state index contributed by atoms with van der Waals surface area (Å²) in [5.74, 6) is 1.32. The fraction of sp³-hybridized carbons (Fsp3) is 0.571. The first kappa shape index (κ1) is 14.8.